The zero-order valence-electron chi connectivity index (χ0n) is 8.63. The van der Waals surface area contributed by atoms with E-state index < -0.39 is 22.9 Å². The molecule has 0 fully saturated rings. The smallest absolute Gasteiger partial charge is 0.243 e. The second kappa shape index (κ2) is 4.54. The molecule has 90 valence electrons. The maximum atomic E-state index is 13.3. The zero-order chi connectivity index (χ0) is 12.6. The number of halogens is 3. The lowest BCUT2D eigenvalue weighted by Gasteiger charge is -2.01. The van der Waals surface area contributed by atoms with Crippen molar-refractivity contribution in [2.24, 2.45) is 0 Å². The summed E-state index contributed by atoms with van der Waals surface area (Å²) in [6.07, 6.45) is 0. The van der Waals surface area contributed by atoms with E-state index in [-0.39, 0.29) is 10.6 Å². The highest BCUT2D eigenvalue weighted by atomic mass is 35.5. The molecule has 0 aliphatic carbocycles. The van der Waals surface area contributed by atoms with Gasteiger partial charge in [0.1, 0.15) is 16.7 Å². The van der Waals surface area contributed by atoms with E-state index in [2.05, 4.69) is 10.3 Å². The number of alkyl halides is 1. The van der Waals surface area contributed by atoms with Crippen LogP contribution in [0.2, 0.25) is 0 Å². The van der Waals surface area contributed by atoms with Gasteiger partial charge in [0.05, 0.1) is 4.70 Å². The first kappa shape index (κ1) is 12.2. The number of thiazole rings is 1. The SMILES string of the molecule is CC(Cl)C(=O)Nc1nc2c(F)cc(F)cc2s1. The minimum absolute atomic E-state index is 0.0360. The third-order valence-electron chi connectivity index (χ3n) is 2.00. The normalized spacial score (nSPS) is 12.7. The van der Waals surface area contributed by atoms with Crippen molar-refractivity contribution in [3.63, 3.8) is 0 Å². The first-order valence-corrected chi connectivity index (χ1v) is 5.93. The molecule has 1 amide bonds. The summed E-state index contributed by atoms with van der Waals surface area (Å²) in [4.78, 5) is 15.2. The third-order valence-corrected chi connectivity index (χ3v) is 3.12. The van der Waals surface area contributed by atoms with Crippen LogP contribution >= 0.6 is 22.9 Å². The van der Waals surface area contributed by atoms with Gasteiger partial charge in [0.25, 0.3) is 0 Å². The van der Waals surface area contributed by atoms with Gasteiger partial charge in [-0.15, -0.1) is 11.6 Å². The summed E-state index contributed by atoms with van der Waals surface area (Å²) in [5.74, 6) is -1.87. The Hall–Kier alpha value is -1.27. The maximum Gasteiger partial charge on any atom is 0.243 e. The van der Waals surface area contributed by atoms with Crippen LogP contribution in [0.3, 0.4) is 0 Å². The number of hydrogen-bond acceptors (Lipinski definition) is 3. The second-order valence-corrected chi connectivity index (χ2v) is 5.04. The van der Waals surface area contributed by atoms with Crippen molar-refractivity contribution in [3.05, 3.63) is 23.8 Å². The molecule has 2 aromatic rings. The van der Waals surface area contributed by atoms with Crippen molar-refractivity contribution in [3.8, 4) is 0 Å². The average Bonchev–Trinajstić information content (AvgIpc) is 2.60. The number of benzene rings is 1. The van der Waals surface area contributed by atoms with Gasteiger partial charge in [0.15, 0.2) is 10.9 Å². The van der Waals surface area contributed by atoms with E-state index in [0.717, 1.165) is 23.5 Å². The van der Waals surface area contributed by atoms with Gasteiger partial charge in [-0.05, 0) is 13.0 Å². The molecule has 1 unspecified atom stereocenters. The molecule has 0 saturated carbocycles. The molecule has 17 heavy (non-hydrogen) atoms. The molecular formula is C10H7ClF2N2OS. The zero-order valence-corrected chi connectivity index (χ0v) is 10.2. The van der Waals surface area contributed by atoms with Crippen LogP contribution in [0.25, 0.3) is 10.2 Å². The maximum absolute atomic E-state index is 13.3. The Morgan fingerprint density at radius 3 is 2.88 bits per heavy atom. The fourth-order valence-corrected chi connectivity index (χ4v) is 2.18. The van der Waals surface area contributed by atoms with Gasteiger partial charge >= 0.3 is 0 Å². The number of nitrogens with one attached hydrogen (secondary N) is 1. The number of carbonyl (C=O) groups excluding carboxylic acids is 1. The Labute approximate surface area is 104 Å². The van der Waals surface area contributed by atoms with Crippen LogP contribution in [0.5, 0.6) is 0 Å². The van der Waals surface area contributed by atoms with Gasteiger partial charge in [-0.3, -0.25) is 4.79 Å². The summed E-state index contributed by atoms with van der Waals surface area (Å²) < 4.78 is 26.6. The molecule has 0 saturated heterocycles. The van der Waals surface area contributed by atoms with Gasteiger partial charge in [-0.2, -0.15) is 0 Å². The molecule has 1 atom stereocenters. The van der Waals surface area contributed by atoms with Gasteiger partial charge in [-0.25, -0.2) is 13.8 Å². The molecule has 0 aliphatic rings. The van der Waals surface area contributed by atoms with E-state index >= 15 is 0 Å². The molecule has 0 aliphatic heterocycles. The van der Waals surface area contributed by atoms with Crippen LogP contribution in [0.15, 0.2) is 12.1 Å². The van der Waals surface area contributed by atoms with E-state index in [1.165, 1.54) is 6.92 Å². The molecule has 1 N–H and O–H groups in total. The largest absolute Gasteiger partial charge is 0.301 e. The molecule has 1 aromatic carbocycles. The van der Waals surface area contributed by atoms with Gasteiger partial charge in [0, 0.05) is 6.07 Å². The van der Waals surface area contributed by atoms with Gasteiger partial charge < -0.3 is 5.32 Å². The lowest BCUT2D eigenvalue weighted by Crippen LogP contribution is -2.20. The molecule has 0 radical (unpaired) electrons. The van der Waals surface area contributed by atoms with Gasteiger partial charge in [-0.1, -0.05) is 11.3 Å². The monoisotopic (exact) mass is 276 g/mol. The standard InChI is InChI=1S/C10H7ClF2N2OS/c1-4(11)9(16)15-10-14-8-6(13)2-5(12)3-7(8)17-10/h2-4H,1H3,(H,14,15,16). The van der Waals surface area contributed by atoms with Crippen LogP contribution in [-0.2, 0) is 4.79 Å². The van der Waals surface area contributed by atoms with E-state index in [4.69, 9.17) is 11.6 Å². The summed E-state index contributed by atoms with van der Waals surface area (Å²) >= 11 is 6.55. The Morgan fingerprint density at radius 1 is 1.53 bits per heavy atom. The Morgan fingerprint density at radius 2 is 2.24 bits per heavy atom. The summed E-state index contributed by atoms with van der Waals surface area (Å²) in [6, 6.07) is 1.91. The number of aromatic nitrogens is 1. The highest BCUT2D eigenvalue weighted by Crippen LogP contribution is 2.28. The summed E-state index contributed by atoms with van der Waals surface area (Å²) in [5, 5.41) is 1.90. The molecule has 1 aromatic heterocycles. The van der Waals surface area contributed by atoms with Crippen molar-refractivity contribution in [2.75, 3.05) is 5.32 Å². The van der Waals surface area contributed by atoms with Crippen LogP contribution < -0.4 is 5.32 Å². The van der Waals surface area contributed by atoms with Crippen molar-refractivity contribution >= 4 is 44.2 Å². The molecule has 3 nitrogen and oxygen atoms in total. The predicted octanol–water partition coefficient (Wildman–Crippen LogP) is 3.14. The first-order chi connectivity index (χ1) is 7.97. The van der Waals surface area contributed by atoms with Crippen LogP contribution in [0.1, 0.15) is 6.92 Å². The highest BCUT2D eigenvalue weighted by molar-refractivity contribution is 7.22. The van der Waals surface area contributed by atoms with E-state index in [9.17, 15) is 13.6 Å². The number of rotatable bonds is 2. The van der Waals surface area contributed by atoms with Crippen molar-refractivity contribution < 1.29 is 13.6 Å². The molecule has 2 rings (SSSR count). The fraction of sp³-hybridized carbons (Fsp3) is 0.200. The van der Waals surface area contributed by atoms with Gasteiger partial charge in [0.2, 0.25) is 5.91 Å². The molecule has 0 spiro atoms. The lowest BCUT2D eigenvalue weighted by molar-refractivity contribution is -0.115. The van der Waals surface area contributed by atoms with Crippen LogP contribution in [0.4, 0.5) is 13.9 Å². The highest BCUT2D eigenvalue weighted by Gasteiger charge is 2.14. The van der Waals surface area contributed by atoms with E-state index in [0.29, 0.717) is 4.70 Å². The number of nitrogens with zero attached hydrogens (tertiary/aromatic N) is 1. The first-order valence-electron chi connectivity index (χ1n) is 4.68. The third kappa shape index (κ3) is 2.53. The van der Waals surface area contributed by atoms with Crippen molar-refractivity contribution in [2.45, 2.75) is 12.3 Å². The lowest BCUT2D eigenvalue weighted by atomic mass is 10.3. The van der Waals surface area contributed by atoms with Crippen molar-refractivity contribution in [1.82, 2.24) is 4.98 Å². The Bertz CT molecular complexity index is 585. The number of amides is 1. The predicted molar refractivity (Wildman–Crippen MR) is 63.5 cm³/mol. The average molecular weight is 277 g/mol. The molecule has 0 bridgehead atoms. The number of carbonyl (C=O) groups is 1. The van der Waals surface area contributed by atoms with Crippen LogP contribution in [-0.4, -0.2) is 16.3 Å². The minimum Gasteiger partial charge on any atom is -0.301 e. The van der Waals surface area contributed by atoms with Crippen LogP contribution in [0, 0.1) is 11.6 Å². The number of hydrogen-bond donors (Lipinski definition) is 1. The van der Waals surface area contributed by atoms with Crippen molar-refractivity contribution in [1.29, 1.82) is 0 Å². The molecular weight excluding hydrogens is 270 g/mol. The second-order valence-electron chi connectivity index (χ2n) is 3.36. The van der Waals surface area contributed by atoms with E-state index in [1.807, 2.05) is 0 Å². The Balaban J connectivity index is 2.38. The molecule has 7 heteroatoms. The summed E-state index contributed by atoms with van der Waals surface area (Å²) in [6.45, 7) is 1.50. The number of anilines is 1. The quantitative estimate of drug-likeness (QED) is 0.856. The molecule has 1 heterocycles. The minimum atomic E-state index is -0.754. The fourth-order valence-electron chi connectivity index (χ4n) is 1.22. The topological polar surface area (TPSA) is 42.0 Å². The number of fused-ring (bicyclic) bond motifs is 1. The van der Waals surface area contributed by atoms with E-state index in [1.54, 1.807) is 0 Å². The Kier molecular flexibility index (Phi) is 3.26. The summed E-state index contributed by atoms with van der Waals surface area (Å²) in [7, 11) is 0. The summed E-state index contributed by atoms with van der Waals surface area (Å²) in [5.41, 5.74) is 0.0360.